The highest BCUT2D eigenvalue weighted by Gasteiger charge is 2.21. The summed E-state index contributed by atoms with van der Waals surface area (Å²) in [5.41, 5.74) is 4.20. The molecule has 0 spiro atoms. The van der Waals surface area contributed by atoms with Crippen LogP contribution in [0.3, 0.4) is 0 Å². The van der Waals surface area contributed by atoms with Crippen LogP contribution in [0, 0.1) is 0 Å². The van der Waals surface area contributed by atoms with Crippen LogP contribution in [0.2, 0.25) is 0 Å². The molecule has 32 heavy (non-hydrogen) atoms. The molecule has 1 unspecified atom stereocenters. The maximum absolute atomic E-state index is 12.0. The molecule has 1 heterocycles. The molecule has 0 radical (unpaired) electrons. The topological polar surface area (TPSA) is 95.3 Å². The van der Waals surface area contributed by atoms with Crippen LogP contribution >= 0.6 is 0 Å². The van der Waals surface area contributed by atoms with Gasteiger partial charge in [-0.15, -0.1) is 0 Å². The molecule has 0 bridgehead atoms. The van der Waals surface area contributed by atoms with Gasteiger partial charge in [-0.1, -0.05) is 72.8 Å². The predicted molar refractivity (Wildman–Crippen MR) is 124 cm³/mol. The van der Waals surface area contributed by atoms with Gasteiger partial charge in [-0.2, -0.15) is 0 Å². The zero-order valence-electron chi connectivity index (χ0n) is 17.3. The number of carbonyl (C=O) groups is 1. The SMILES string of the molecule is O=C(O)C(Cc1ccc(O)cc1)Nc1ncc(-c2ccccc2)nc1Cc1ccccc1. The van der Waals surface area contributed by atoms with Crippen molar-refractivity contribution in [2.75, 3.05) is 5.32 Å². The van der Waals surface area contributed by atoms with Gasteiger partial charge in [0.05, 0.1) is 17.6 Å². The van der Waals surface area contributed by atoms with E-state index < -0.39 is 12.0 Å². The van der Waals surface area contributed by atoms with Crippen molar-refractivity contribution in [2.45, 2.75) is 18.9 Å². The summed E-state index contributed by atoms with van der Waals surface area (Å²) in [4.78, 5) is 21.3. The molecule has 3 N–H and O–H groups in total. The van der Waals surface area contributed by atoms with Crippen LogP contribution in [0.5, 0.6) is 5.75 Å². The summed E-state index contributed by atoms with van der Waals surface area (Å²) < 4.78 is 0. The van der Waals surface area contributed by atoms with Gasteiger partial charge in [-0.05, 0) is 23.3 Å². The second kappa shape index (κ2) is 9.75. The number of phenols is 1. The standard InChI is InChI=1S/C26H23N3O3/c30-21-13-11-19(12-14-21)16-23(26(31)32)29-25-22(15-18-7-3-1-4-8-18)28-24(17-27-25)20-9-5-2-6-10-20/h1-14,17,23,30H,15-16H2,(H,27,29)(H,31,32). The number of carboxylic acids is 1. The van der Waals surface area contributed by atoms with Crippen LogP contribution in [-0.4, -0.2) is 32.2 Å². The molecule has 0 fully saturated rings. The number of nitrogens with one attached hydrogen (secondary N) is 1. The summed E-state index contributed by atoms with van der Waals surface area (Å²) in [7, 11) is 0. The van der Waals surface area contributed by atoms with Crippen molar-refractivity contribution in [3.8, 4) is 17.0 Å². The third kappa shape index (κ3) is 5.29. The van der Waals surface area contributed by atoms with Crippen molar-refractivity contribution >= 4 is 11.8 Å². The van der Waals surface area contributed by atoms with E-state index in [-0.39, 0.29) is 12.2 Å². The maximum Gasteiger partial charge on any atom is 0.326 e. The molecule has 6 heteroatoms. The number of aromatic nitrogens is 2. The summed E-state index contributed by atoms with van der Waals surface area (Å²) in [6.07, 6.45) is 2.41. The van der Waals surface area contributed by atoms with Crippen molar-refractivity contribution in [3.63, 3.8) is 0 Å². The van der Waals surface area contributed by atoms with Crippen LogP contribution in [0.4, 0.5) is 5.82 Å². The Balaban J connectivity index is 1.65. The van der Waals surface area contributed by atoms with Crippen molar-refractivity contribution < 1.29 is 15.0 Å². The quantitative estimate of drug-likeness (QED) is 0.383. The largest absolute Gasteiger partial charge is 0.508 e. The fraction of sp³-hybridized carbons (Fsp3) is 0.115. The zero-order valence-corrected chi connectivity index (χ0v) is 17.3. The van der Waals surface area contributed by atoms with E-state index in [0.717, 1.165) is 22.4 Å². The number of aromatic hydroxyl groups is 1. The lowest BCUT2D eigenvalue weighted by Gasteiger charge is -2.18. The summed E-state index contributed by atoms with van der Waals surface area (Å²) in [6.45, 7) is 0. The van der Waals surface area contributed by atoms with E-state index in [1.54, 1.807) is 30.5 Å². The number of nitrogens with zero attached hydrogens (tertiary/aromatic N) is 2. The first-order chi connectivity index (χ1) is 15.6. The summed E-state index contributed by atoms with van der Waals surface area (Å²) in [5.74, 6) is -0.404. The second-order valence-corrected chi connectivity index (χ2v) is 7.48. The smallest absolute Gasteiger partial charge is 0.326 e. The molecule has 3 aromatic carbocycles. The number of hydrogen-bond acceptors (Lipinski definition) is 5. The van der Waals surface area contributed by atoms with E-state index in [0.29, 0.717) is 17.9 Å². The summed E-state index contributed by atoms with van der Waals surface area (Å²) in [6, 6.07) is 25.3. The molecule has 4 rings (SSSR count). The van der Waals surface area contributed by atoms with Gasteiger partial charge in [-0.3, -0.25) is 0 Å². The first-order valence-corrected chi connectivity index (χ1v) is 10.3. The zero-order chi connectivity index (χ0) is 22.3. The van der Waals surface area contributed by atoms with Crippen molar-refractivity contribution in [1.29, 1.82) is 0 Å². The van der Waals surface area contributed by atoms with E-state index in [1.165, 1.54) is 0 Å². The van der Waals surface area contributed by atoms with Gasteiger partial charge in [0.15, 0.2) is 0 Å². The average molecular weight is 425 g/mol. The third-order valence-electron chi connectivity index (χ3n) is 5.11. The fourth-order valence-electron chi connectivity index (χ4n) is 3.44. The number of benzene rings is 3. The number of aliphatic carboxylic acids is 1. The molecule has 0 saturated heterocycles. The molecular weight excluding hydrogens is 402 g/mol. The Bertz CT molecular complexity index is 1180. The minimum atomic E-state index is -0.988. The van der Waals surface area contributed by atoms with Crippen LogP contribution in [0.15, 0.2) is 91.1 Å². The Morgan fingerprint density at radius 1 is 0.875 bits per heavy atom. The molecule has 0 aliphatic carbocycles. The Labute approximate surface area is 186 Å². The molecular formula is C26H23N3O3. The van der Waals surface area contributed by atoms with E-state index in [4.69, 9.17) is 4.98 Å². The Kier molecular flexibility index (Phi) is 6.41. The Hall–Kier alpha value is -4.19. The molecule has 1 atom stereocenters. The first kappa shape index (κ1) is 21.1. The molecule has 0 amide bonds. The predicted octanol–water partition coefficient (Wildman–Crippen LogP) is 4.55. The highest BCUT2D eigenvalue weighted by atomic mass is 16.4. The molecule has 1 aromatic heterocycles. The van der Waals surface area contributed by atoms with Gasteiger partial charge in [-0.25, -0.2) is 14.8 Å². The highest BCUT2D eigenvalue weighted by molar-refractivity contribution is 5.77. The van der Waals surface area contributed by atoms with E-state index in [9.17, 15) is 15.0 Å². The summed E-state index contributed by atoms with van der Waals surface area (Å²) >= 11 is 0. The number of carboxylic acid groups (broad SMARTS) is 1. The van der Waals surface area contributed by atoms with Crippen LogP contribution in [-0.2, 0) is 17.6 Å². The van der Waals surface area contributed by atoms with Crippen molar-refractivity contribution in [2.24, 2.45) is 0 Å². The van der Waals surface area contributed by atoms with Gasteiger partial charge in [0, 0.05) is 18.4 Å². The molecule has 6 nitrogen and oxygen atoms in total. The summed E-state index contributed by atoms with van der Waals surface area (Å²) in [5, 5.41) is 22.4. The molecule has 4 aromatic rings. The third-order valence-corrected chi connectivity index (χ3v) is 5.11. The minimum Gasteiger partial charge on any atom is -0.508 e. The first-order valence-electron chi connectivity index (χ1n) is 10.3. The van der Waals surface area contributed by atoms with Gasteiger partial charge in [0.1, 0.15) is 17.6 Å². The minimum absolute atomic E-state index is 0.140. The lowest BCUT2D eigenvalue weighted by atomic mass is 10.0. The van der Waals surface area contributed by atoms with Gasteiger partial charge >= 0.3 is 5.97 Å². The van der Waals surface area contributed by atoms with Crippen molar-refractivity contribution in [1.82, 2.24) is 9.97 Å². The maximum atomic E-state index is 12.0. The second-order valence-electron chi connectivity index (χ2n) is 7.48. The fourth-order valence-corrected chi connectivity index (χ4v) is 3.44. The van der Waals surface area contributed by atoms with Gasteiger partial charge in [0.25, 0.3) is 0 Å². The van der Waals surface area contributed by atoms with E-state index in [1.807, 2.05) is 60.7 Å². The van der Waals surface area contributed by atoms with E-state index in [2.05, 4.69) is 10.3 Å². The monoisotopic (exact) mass is 425 g/mol. The molecule has 0 saturated carbocycles. The molecule has 0 aliphatic heterocycles. The number of hydrogen-bond donors (Lipinski definition) is 3. The number of phenolic OH excluding ortho intramolecular Hbond substituents is 1. The normalized spacial score (nSPS) is 11.6. The van der Waals surface area contributed by atoms with E-state index >= 15 is 0 Å². The Morgan fingerprint density at radius 2 is 1.53 bits per heavy atom. The lowest BCUT2D eigenvalue weighted by molar-refractivity contribution is -0.137. The van der Waals surface area contributed by atoms with Crippen LogP contribution in [0.1, 0.15) is 16.8 Å². The van der Waals surface area contributed by atoms with Crippen LogP contribution < -0.4 is 5.32 Å². The van der Waals surface area contributed by atoms with Crippen molar-refractivity contribution in [3.05, 3.63) is 108 Å². The highest BCUT2D eigenvalue weighted by Crippen LogP contribution is 2.23. The van der Waals surface area contributed by atoms with Gasteiger partial charge in [0.2, 0.25) is 0 Å². The van der Waals surface area contributed by atoms with Crippen LogP contribution in [0.25, 0.3) is 11.3 Å². The lowest BCUT2D eigenvalue weighted by Crippen LogP contribution is -2.32. The number of anilines is 1. The average Bonchev–Trinajstić information content (AvgIpc) is 2.82. The molecule has 160 valence electrons. The Morgan fingerprint density at radius 3 is 2.19 bits per heavy atom. The number of rotatable bonds is 8. The molecule has 0 aliphatic rings. The van der Waals surface area contributed by atoms with Gasteiger partial charge < -0.3 is 15.5 Å².